The summed E-state index contributed by atoms with van der Waals surface area (Å²) < 4.78 is 24.1. The molecule has 2 aromatic carbocycles. The van der Waals surface area contributed by atoms with Crippen LogP contribution in [0.5, 0.6) is 11.5 Å². The van der Waals surface area contributed by atoms with E-state index in [1.807, 2.05) is 18.2 Å². The molecule has 0 saturated carbocycles. The lowest BCUT2D eigenvalue weighted by Crippen LogP contribution is -2.25. The number of hydrogen-bond donors (Lipinski definition) is 1. The molecule has 24 heavy (non-hydrogen) atoms. The second kappa shape index (κ2) is 8.06. The minimum atomic E-state index is -0.245. The molecule has 0 fully saturated rings. The molecule has 6 heteroatoms. The largest absolute Gasteiger partial charge is 0.454 e. The van der Waals surface area contributed by atoms with Gasteiger partial charge < -0.3 is 14.8 Å². The van der Waals surface area contributed by atoms with Crippen molar-refractivity contribution in [2.45, 2.75) is 17.7 Å². The van der Waals surface area contributed by atoms with Gasteiger partial charge in [0.25, 0.3) is 0 Å². The van der Waals surface area contributed by atoms with Crippen LogP contribution in [-0.4, -0.2) is 25.0 Å². The Morgan fingerprint density at radius 1 is 1.17 bits per heavy atom. The highest BCUT2D eigenvalue weighted by atomic mass is 32.2. The highest BCUT2D eigenvalue weighted by Crippen LogP contribution is 2.32. The molecule has 0 aromatic heterocycles. The summed E-state index contributed by atoms with van der Waals surface area (Å²) in [6.45, 7) is 0.817. The second-order valence-corrected chi connectivity index (χ2v) is 6.45. The number of benzene rings is 2. The Hall–Kier alpha value is -2.21. The van der Waals surface area contributed by atoms with E-state index in [0.29, 0.717) is 23.6 Å². The number of ether oxygens (including phenoxy) is 2. The van der Waals surface area contributed by atoms with E-state index in [-0.39, 0.29) is 18.5 Å². The summed E-state index contributed by atoms with van der Waals surface area (Å²) in [6, 6.07) is 12.4. The number of rotatable bonds is 7. The summed E-state index contributed by atoms with van der Waals surface area (Å²) in [5.74, 6) is 1.79. The Morgan fingerprint density at radius 2 is 2.00 bits per heavy atom. The van der Waals surface area contributed by atoms with Gasteiger partial charge in [0.15, 0.2) is 11.5 Å². The number of carbonyl (C=O) groups excluding carboxylic acids is 1. The molecule has 1 heterocycles. The van der Waals surface area contributed by atoms with E-state index >= 15 is 0 Å². The third-order valence-corrected chi connectivity index (χ3v) is 4.65. The summed E-state index contributed by atoms with van der Waals surface area (Å²) >= 11 is 1.35. The minimum absolute atomic E-state index is 0.0282. The smallest absolute Gasteiger partial charge is 0.231 e. The summed E-state index contributed by atoms with van der Waals surface area (Å²) in [6.07, 6.45) is 1.09. The Balaban J connectivity index is 1.36. The highest BCUT2D eigenvalue weighted by molar-refractivity contribution is 7.99. The minimum Gasteiger partial charge on any atom is -0.454 e. The lowest BCUT2D eigenvalue weighted by atomic mass is 10.1. The summed E-state index contributed by atoms with van der Waals surface area (Å²) in [5, 5.41) is 2.88. The molecule has 0 bridgehead atoms. The third kappa shape index (κ3) is 4.41. The molecule has 1 aliphatic rings. The summed E-state index contributed by atoms with van der Waals surface area (Å²) in [7, 11) is 0. The Morgan fingerprint density at radius 3 is 2.88 bits per heavy atom. The van der Waals surface area contributed by atoms with Crippen molar-refractivity contribution in [3.05, 3.63) is 53.8 Å². The standard InChI is InChI=1S/C18H18FNO3S/c19-14-3-1-2-4-17(14)24-10-8-18(21)20-9-7-13-5-6-15-16(11-13)23-12-22-15/h1-6,11H,7-10,12H2,(H,20,21). The van der Waals surface area contributed by atoms with Crippen LogP contribution in [0.1, 0.15) is 12.0 Å². The molecule has 0 aliphatic carbocycles. The molecule has 0 radical (unpaired) electrons. The maximum Gasteiger partial charge on any atom is 0.231 e. The molecule has 4 nitrogen and oxygen atoms in total. The van der Waals surface area contributed by atoms with Crippen molar-refractivity contribution in [3.8, 4) is 11.5 Å². The van der Waals surface area contributed by atoms with Crippen LogP contribution in [0.3, 0.4) is 0 Å². The van der Waals surface area contributed by atoms with Crippen molar-refractivity contribution in [3.63, 3.8) is 0 Å². The maximum atomic E-state index is 13.5. The Bertz CT molecular complexity index is 723. The molecule has 0 atom stereocenters. The van der Waals surface area contributed by atoms with Crippen LogP contribution >= 0.6 is 11.8 Å². The molecule has 126 valence electrons. The van der Waals surface area contributed by atoms with E-state index in [9.17, 15) is 9.18 Å². The van der Waals surface area contributed by atoms with Crippen LogP contribution in [0.4, 0.5) is 4.39 Å². The lowest BCUT2D eigenvalue weighted by molar-refractivity contribution is -0.120. The van der Waals surface area contributed by atoms with Crippen LogP contribution < -0.4 is 14.8 Å². The van der Waals surface area contributed by atoms with Crippen LogP contribution in [0.25, 0.3) is 0 Å². The molecule has 1 amide bonds. The fraction of sp³-hybridized carbons (Fsp3) is 0.278. The van der Waals surface area contributed by atoms with Crippen LogP contribution in [0, 0.1) is 5.82 Å². The van der Waals surface area contributed by atoms with E-state index in [1.165, 1.54) is 17.8 Å². The van der Waals surface area contributed by atoms with Crippen LogP contribution in [0.15, 0.2) is 47.4 Å². The zero-order valence-corrected chi connectivity index (χ0v) is 13.9. The van der Waals surface area contributed by atoms with Gasteiger partial charge in [-0.1, -0.05) is 18.2 Å². The van der Waals surface area contributed by atoms with E-state index in [2.05, 4.69) is 5.32 Å². The first-order valence-corrected chi connectivity index (χ1v) is 8.73. The number of hydrogen-bond acceptors (Lipinski definition) is 4. The molecule has 0 spiro atoms. The van der Waals surface area contributed by atoms with Crippen molar-refractivity contribution < 1.29 is 18.7 Å². The van der Waals surface area contributed by atoms with Gasteiger partial charge >= 0.3 is 0 Å². The van der Waals surface area contributed by atoms with Crippen molar-refractivity contribution in [2.75, 3.05) is 19.1 Å². The number of halogens is 1. The third-order valence-electron chi connectivity index (χ3n) is 3.60. The number of nitrogens with one attached hydrogen (secondary N) is 1. The van der Waals surface area contributed by atoms with Gasteiger partial charge in [-0.05, 0) is 36.2 Å². The molecule has 1 aliphatic heterocycles. The van der Waals surface area contributed by atoms with Gasteiger partial charge in [-0.15, -0.1) is 11.8 Å². The second-order valence-electron chi connectivity index (χ2n) is 5.32. The number of fused-ring (bicyclic) bond motifs is 1. The number of amides is 1. The highest BCUT2D eigenvalue weighted by Gasteiger charge is 2.13. The summed E-state index contributed by atoms with van der Waals surface area (Å²) in [4.78, 5) is 12.4. The molecular weight excluding hydrogens is 329 g/mol. The van der Waals surface area contributed by atoms with Crippen LogP contribution in [-0.2, 0) is 11.2 Å². The lowest BCUT2D eigenvalue weighted by Gasteiger charge is -2.06. The zero-order valence-electron chi connectivity index (χ0n) is 13.1. The predicted octanol–water partition coefficient (Wildman–Crippen LogP) is 3.40. The zero-order chi connectivity index (χ0) is 16.8. The van der Waals surface area contributed by atoms with Gasteiger partial charge in [0.05, 0.1) is 0 Å². The first-order valence-electron chi connectivity index (χ1n) is 7.75. The van der Waals surface area contributed by atoms with Gasteiger partial charge in [0.2, 0.25) is 12.7 Å². The van der Waals surface area contributed by atoms with Crippen molar-refractivity contribution in [1.29, 1.82) is 0 Å². The fourth-order valence-corrected chi connectivity index (χ4v) is 3.23. The first-order chi connectivity index (χ1) is 11.7. The van der Waals surface area contributed by atoms with E-state index in [4.69, 9.17) is 9.47 Å². The van der Waals surface area contributed by atoms with Gasteiger partial charge in [-0.3, -0.25) is 4.79 Å². The molecule has 0 unspecified atom stereocenters. The Labute approximate surface area is 144 Å². The average molecular weight is 347 g/mol. The fourth-order valence-electron chi connectivity index (χ4n) is 2.35. The van der Waals surface area contributed by atoms with Crippen LogP contribution in [0.2, 0.25) is 0 Å². The Kier molecular flexibility index (Phi) is 5.59. The average Bonchev–Trinajstić information content (AvgIpc) is 3.04. The van der Waals surface area contributed by atoms with E-state index in [1.54, 1.807) is 18.2 Å². The van der Waals surface area contributed by atoms with Gasteiger partial charge in [-0.25, -0.2) is 4.39 Å². The van der Waals surface area contributed by atoms with Crippen molar-refractivity contribution >= 4 is 17.7 Å². The van der Waals surface area contributed by atoms with Crippen molar-refractivity contribution in [2.24, 2.45) is 0 Å². The van der Waals surface area contributed by atoms with Gasteiger partial charge in [0.1, 0.15) is 5.82 Å². The molecule has 2 aromatic rings. The molecule has 0 saturated heterocycles. The predicted molar refractivity (Wildman–Crippen MR) is 91.0 cm³/mol. The normalized spacial score (nSPS) is 12.2. The molecule has 3 rings (SSSR count). The van der Waals surface area contributed by atoms with Crippen molar-refractivity contribution in [1.82, 2.24) is 5.32 Å². The quantitative estimate of drug-likeness (QED) is 0.780. The van der Waals surface area contributed by atoms with E-state index in [0.717, 1.165) is 23.5 Å². The molecule has 1 N–H and O–H groups in total. The summed E-state index contributed by atoms with van der Waals surface area (Å²) in [5.41, 5.74) is 1.08. The van der Waals surface area contributed by atoms with Gasteiger partial charge in [-0.2, -0.15) is 0 Å². The topological polar surface area (TPSA) is 47.6 Å². The maximum absolute atomic E-state index is 13.5. The molecular formula is C18H18FNO3S. The number of thioether (sulfide) groups is 1. The first kappa shape index (κ1) is 16.6. The van der Waals surface area contributed by atoms with E-state index < -0.39 is 0 Å². The van der Waals surface area contributed by atoms with Gasteiger partial charge in [0, 0.05) is 23.6 Å². The monoisotopic (exact) mass is 347 g/mol. The SMILES string of the molecule is O=C(CCSc1ccccc1F)NCCc1ccc2c(c1)OCO2. The number of carbonyl (C=O) groups is 1.